The lowest BCUT2D eigenvalue weighted by atomic mass is 9.80. The molecule has 1 heterocycles. The Bertz CT molecular complexity index is 577. The monoisotopic (exact) mass is 259 g/mol. The van der Waals surface area contributed by atoms with Gasteiger partial charge in [-0.15, -0.1) is 0 Å². The second-order valence-electron chi connectivity index (χ2n) is 4.07. The number of aromatic nitrogens is 1. The molecule has 2 aromatic rings. The molecule has 6 heteroatoms. The van der Waals surface area contributed by atoms with E-state index in [1.807, 2.05) is 4.57 Å². The van der Waals surface area contributed by atoms with E-state index >= 15 is 0 Å². The molecule has 0 aliphatic heterocycles. The Morgan fingerprint density at radius 1 is 1.16 bits per heavy atom. The molecule has 1 aromatic heterocycles. The largest absolute Gasteiger partial charge is 0.492 e. The molecule has 0 aliphatic rings. The van der Waals surface area contributed by atoms with Crippen molar-refractivity contribution in [3.8, 4) is 5.75 Å². The second-order valence-corrected chi connectivity index (χ2v) is 4.07. The van der Waals surface area contributed by atoms with Crippen molar-refractivity contribution >= 4 is 12.6 Å². The highest BCUT2D eigenvalue weighted by Crippen LogP contribution is 2.07. The summed E-state index contributed by atoms with van der Waals surface area (Å²) in [4.78, 5) is 10.9. The number of hydrogen-bond acceptors (Lipinski definition) is 4. The Hall–Kier alpha value is -2.05. The van der Waals surface area contributed by atoms with Crippen molar-refractivity contribution in [1.82, 2.24) is 4.57 Å². The minimum atomic E-state index is -1.50. The van der Waals surface area contributed by atoms with E-state index in [0.29, 0.717) is 24.4 Å². The smallest absolute Gasteiger partial charge is 0.488 e. The van der Waals surface area contributed by atoms with Crippen LogP contribution in [0.15, 0.2) is 53.6 Å². The van der Waals surface area contributed by atoms with Gasteiger partial charge in [-0.2, -0.15) is 0 Å². The molecule has 0 bridgehead atoms. The van der Waals surface area contributed by atoms with Gasteiger partial charge in [-0.3, -0.25) is 4.79 Å². The second kappa shape index (κ2) is 6.22. The summed E-state index contributed by atoms with van der Waals surface area (Å²) in [6.07, 6.45) is 3.39. The van der Waals surface area contributed by atoms with E-state index in [1.54, 1.807) is 36.7 Å². The van der Waals surface area contributed by atoms with Crippen molar-refractivity contribution in [3.63, 3.8) is 0 Å². The molecule has 2 rings (SSSR count). The van der Waals surface area contributed by atoms with E-state index in [9.17, 15) is 4.79 Å². The maximum atomic E-state index is 10.9. The fourth-order valence-electron chi connectivity index (χ4n) is 1.63. The first-order valence-electron chi connectivity index (χ1n) is 5.90. The number of hydrogen-bond donors (Lipinski definition) is 2. The van der Waals surface area contributed by atoms with Gasteiger partial charge in [0.2, 0.25) is 0 Å². The molecule has 98 valence electrons. The summed E-state index contributed by atoms with van der Waals surface area (Å²) in [5.41, 5.74) is 0.364. The van der Waals surface area contributed by atoms with Crippen molar-refractivity contribution in [2.24, 2.45) is 0 Å². The summed E-state index contributed by atoms with van der Waals surface area (Å²) in [6, 6.07) is 9.61. The van der Waals surface area contributed by atoms with Crippen LogP contribution in [-0.4, -0.2) is 28.3 Å². The average Bonchev–Trinajstić information content (AvgIpc) is 2.41. The normalized spacial score (nSPS) is 10.2. The maximum Gasteiger partial charge on any atom is 0.488 e. The molecule has 0 fully saturated rings. The van der Waals surface area contributed by atoms with Gasteiger partial charge in [-0.25, -0.2) is 0 Å². The van der Waals surface area contributed by atoms with Crippen LogP contribution in [0.5, 0.6) is 5.75 Å². The minimum absolute atomic E-state index is 0.0261. The highest BCUT2D eigenvalue weighted by molar-refractivity contribution is 6.58. The third kappa shape index (κ3) is 3.98. The Morgan fingerprint density at radius 2 is 1.89 bits per heavy atom. The van der Waals surface area contributed by atoms with E-state index in [1.165, 1.54) is 12.1 Å². The summed E-state index contributed by atoms with van der Waals surface area (Å²) < 4.78 is 7.35. The fraction of sp³-hybridized carbons (Fsp3) is 0.154. The van der Waals surface area contributed by atoms with Gasteiger partial charge >= 0.3 is 7.12 Å². The highest BCUT2D eigenvalue weighted by atomic mass is 16.5. The molecular formula is C13H14BNO4. The number of ether oxygens (including phenoxy) is 1. The van der Waals surface area contributed by atoms with E-state index in [0.717, 1.165) is 0 Å². The van der Waals surface area contributed by atoms with Crippen molar-refractivity contribution in [3.05, 3.63) is 59.0 Å². The van der Waals surface area contributed by atoms with Crippen LogP contribution in [0.25, 0.3) is 0 Å². The molecule has 0 radical (unpaired) electrons. The molecule has 0 spiro atoms. The lowest BCUT2D eigenvalue weighted by molar-refractivity contribution is 0.298. The molecule has 0 saturated heterocycles. The molecule has 0 aliphatic carbocycles. The van der Waals surface area contributed by atoms with Crippen molar-refractivity contribution < 1.29 is 14.8 Å². The number of benzene rings is 1. The number of nitrogens with zero attached hydrogens (tertiary/aromatic N) is 1. The molecule has 0 unspecified atom stereocenters. The topological polar surface area (TPSA) is 71.7 Å². The lowest BCUT2D eigenvalue weighted by Crippen LogP contribution is -2.29. The van der Waals surface area contributed by atoms with Crippen LogP contribution in [0, 0.1) is 0 Å². The van der Waals surface area contributed by atoms with Crippen LogP contribution in [0.4, 0.5) is 0 Å². The number of pyridine rings is 1. The molecule has 0 atom stereocenters. The van der Waals surface area contributed by atoms with Gasteiger partial charge in [0, 0.05) is 24.5 Å². The summed E-state index contributed by atoms with van der Waals surface area (Å²) >= 11 is 0. The molecule has 5 nitrogen and oxygen atoms in total. The van der Waals surface area contributed by atoms with Gasteiger partial charge in [-0.1, -0.05) is 12.1 Å². The highest BCUT2D eigenvalue weighted by Gasteiger charge is 2.10. The molecule has 19 heavy (non-hydrogen) atoms. The zero-order valence-corrected chi connectivity index (χ0v) is 10.3. The maximum absolute atomic E-state index is 10.9. The van der Waals surface area contributed by atoms with Gasteiger partial charge in [0.1, 0.15) is 12.4 Å². The van der Waals surface area contributed by atoms with Crippen molar-refractivity contribution in [2.45, 2.75) is 6.54 Å². The molecule has 0 saturated carbocycles. The standard InChI is InChI=1S/C13H14BNO4/c16-12-4-6-15(7-5-12)8-9-19-13-3-1-2-11(10-13)14(17)18/h1-7,10,17-18H,8-9H2. The van der Waals surface area contributed by atoms with E-state index in [-0.39, 0.29) is 5.43 Å². The quantitative estimate of drug-likeness (QED) is 0.717. The Labute approximate surface area is 110 Å². The zero-order chi connectivity index (χ0) is 13.7. The minimum Gasteiger partial charge on any atom is -0.492 e. The van der Waals surface area contributed by atoms with Gasteiger partial charge in [0.25, 0.3) is 0 Å². The Morgan fingerprint density at radius 3 is 2.58 bits per heavy atom. The fourth-order valence-corrected chi connectivity index (χ4v) is 1.63. The summed E-state index contributed by atoms with van der Waals surface area (Å²) in [5, 5.41) is 18.1. The summed E-state index contributed by atoms with van der Waals surface area (Å²) in [6.45, 7) is 1.03. The lowest BCUT2D eigenvalue weighted by Gasteiger charge is -2.09. The average molecular weight is 259 g/mol. The van der Waals surface area contributed by atoms with E-state index < -0.39 is 7.12 Å². The first-order valence-corrected chi connectivity index (χ1v) is 5.90. The van der Waals surface area contributed by atoms with Crippen LogP contribution >= 0.6 is 0 Å². The Balaban J connectivity index is 1.90. The third-order valence-corrected chi connectivity index (χ3v) is 2.64. The van der Waals surface area contributed by atoms with Crippen molar-refractivity contribution in [2.75, 3.05) is 6.61 Å². The van der Waals surface area contributed by atoms with Crippen LogP contribution < -0.4 is 15.6 Å². The van der Waals surface area contributed by atoms with Gasteiger partial charge < -0.3 is 19.4 Å². The number of rotatable bonds is 5. The first-order chi connectivity index (χ1) is 9.15. The predicted octanol–water partition coefficient (Wildman–Crippen LogP) is -0.393. The predicted molar refractivity (Wildman–Crippen MR) is 72.5 cm³/mol. The van der Waals surface area contributed by atoms with Gasteiger partial charge in [0.05, 0.1) is 6.54 Å². The van der Waals surface area contributed by atoms with Gasteiger partial charge in [0.15, 0.2) is 5.43 Å². The van der Waals surface area contributed by atoms with Gasteiger partial charge in [-0.05, 0) is 17.6 Å². The summed E-state index contributed by atoms with van der Waals surface area (Å²) in [7, 11) is -1.50. The third-order valence-electron chi connectivity index (χ3n) is 2.64. The van der Waals surface area contributed by atoms with Crippen LogP contribution in [0.3, 0.4) is 0 Å². The van der Waals surface area contributed by atoms with E-state index in [4.69, 9.17) is 14.8 Å². The Kier molecular flexibility index (Phi) is 4.38. The van der Waals surface area contributed by atoms with E-state index in [2.05, 4.69) is 0 Å². The zero-order valence-electron chi connectivity index (χ0n) is 10.3. The first kappa shape index (κ1) is 13.4. The molecule has 1 aromatic carbocycles. The molecular weight excluding hydrogens is 245 g/mol. The van der Waals surface area contributed by atoms with Crippen molar-refractivity contribution in [1.29, 1.82) is 0 Å². The van der Waals surface area contributed by atoms with Crippen LogP contribution in [0.2, 0.25) is 0 Å². The van der Waals surface area contributed by atoms with Crippen LogP contribution in [-0.2, 0) is 6.54 Å². The summed E-state index contributed by atoms with van der Waals surface area (Å²) in [5.74, 6) is 0.576. The molecule has 0 amide bonds. The SMILES string of the molecule is O=c1ccn(CCOc2cccc(B(O)O)c2)cc1. The molecule has 2 N–H and O–H groups in total. The van der Waals surface area contributed by atoms with Crippen LogP contribution in [0.1, 0.15) is 0 Å².